The molecule has 0 aliphatic rings. The van der Waals surface area contributed by atoms with Crippen LogP contribution in [0, 0.1) is 0 Å². The molecule has 1 amide bonds. The molecule has 0 fully saturated rings. The van der Waals surface area contributed by atoms with Crippen molar-refractivity contribution in [1.82, 2.24) is 9.88 Å². The Balaban J connectivity index is 2.02. The topological polar surface area (TPSA) is 59.5 Å². The first kappa shape index (κ1) is 17.7. The Morgan fingerprint density at radius 3 is 2.42 bits per heavy atom. The van der Waals surface area contributed by atoms with Crippen molar-refractivity contribution < 1.29 is 14.3 Å². The van der Waals surface area contributed by atoms with E-state index in [4.69, 9.17) is 4.74 Å². The molecule has 0 saturated heterocycles. The van der Waals surface area contributed by atoms with Crippen LogP contribution in [0.4, 0.5) is 0 Å². The average molecular weight is 326 g/mol. The fourth-order valence-electron chi connectivity index (χ4n) is 2.36. The molecule has 5 nitrogen and oxygen atoms in total. The number of pyridine rings is 1. The van der Waals surface area contributed by atoms with Gasteiger partial charge in [0.1, 0.15) is 0 Å². The molecule has 2 rings (SSSR count). The molecule has 1 heterocycles. The summed E-state index contributed by atoms with van der Waals surface area (Å²) in [6.07, 6.45) is 4.11. The molecular formula is C19H22N2O3. The summed E-state index contributed by atoms with van der Waals surface area (Å²) in [5.74, 6) is -0.387. The second-order valence-electron chi connectivity index (χ2n) is 5.32. The first-order valence-electron chi connectivity index (χ1n) is 8.09. The van der Waals surface area contributed by atoms with Crippen LogP contribution in [0.2, 0.25) is 0 Å². The van der Waals surface area contributed by atoms with E-state index in [0.717, 1.165) is 12.0 Å². The van der Waals surface area contributed by atoms with Gasteiger partial charge in [0.2, 0.25) is 0 Å². The van der Waals surface area contributed by atoms with E-state index in [2.05, 4.69) is 4.98 Å². The molecule has 126 valence electrons. The first-order valence-corrected chi connectivity index (χ1v) is 8.09. The minimum Gasteiger partial charge on any atom is -0.466 e. The van der Waals surface area contributed by atoms with Gasteiger partial charge in [0.05, 0.1) is 13.0 Å². The summed E-state index contributed by atoms with van der Waals surface area (Å²) < 4.78 is 4.95. The van der Waals surface area contributed by atoms with Crippen LogP contribution in [0.1, 0.15) is 29.3 Å². The number of amides is 1. The van der Waals surface area contributed by atoms with E-state index in [1.54, 1.807) is 36.4 Å². The molecule has 5 heteroatoms. The van der Waals surface area contributed by atoms with Gasteiger partial charge in [-0.15, -0.1) is 0 Å². The minimum atomic E-state index is -0.287. The number of hydrogen-bond acceptors (Lipinski definition) is 4. The van der Waals surface area contributed by atoms with E-state index in [-0.39, 0.29) is 18.3 Å². The fraction of sp³-hybridized carbons (Fsp3) is 0.316. The zero-order valence-electron chi connectivity index (χ0n) is 13.9. The molecule has 0 aliphatic carbocycles. The highest BCUT2D eigenvalue weighted by Crippen LogP contribution is 2.08. The lowest BCUT2D eigenvalue weighted by Crippen LogP contribution is -2.35. The number of hydrogen-bond donors (Lipinski definition) is 0. The highest BCUT2D eigenvalue weighted by Gasteiger charge is 2.17. The van der Waals surface area contributed by atoms with Crippen molar-refractivity contribution in [3.8, 4) is 0 Å². The van der Waals surface area contributed by atoms with Crippen molar-refractivity contribution >= 4 is 11.9 Å². The lowest BCUT2D eigenvalue weighted by Gasteiger charge is -2.22. The largest absolute Gasteiger partial charge is 0.466 e. The van der Waals surface area contributed by atoms with Crippen molar-refractivity contribution in [3.05, 3.63) is 66.0 Å². The molecule has 0 spiro atoms. The van der Waals surface area contributed by atoms with Gasteiger partial charge in [0.25, 0.3) is 5.91 Å². The Morgan fingerprint density at radius 2 is 1.75 bits per heavy atom. The van der Waals surface area contributed by atoms with Gasteiger partial charge in [-0.3, -0.25) is 14.6 Å². The number of rotatable bonds is 8. The summed E-state index contributed by atoms with van der Waals surface area (Å²) in [5, 5.41) is 0. The number of carbonyl (C=O) groups is 2. The van der Waals surface area contributed by atoms with E-state index in [0.29, 0.717) is 25.3 Å². The summed E-state index contributed by atoms with van der Waals surface area (Å²) >= 11 is 0. The van der Waals surface area contributed by atoms with Gasteiger partial charge in [-0.05, 0) is 31.0 Å². The molecular weight excluding hydrogens is 304 g/mol. The molecule has 1 aromatic heterocycles. The highest BCUT2D eigenvalue weighted by molar-refractivity contribution is 5.94. The standard InChI is InChI=1S/C19H22N2O3/c1-2-24-18(22)11-15-21(14-10-16-6-4-3-5-7-16)19(23)17-8-12-20-13-9-17/h3-9,12-13H,2,10-11,14-15H2,1H3. The maximum atomic E-state index is 12.7. The Bertz CT molecular complexity index is 644. The van der Waals surface area contributed by atoms with Crippen LogP contribution in [0.3, 0.4) is 0 Å². The molecule has 0 N–H and O–H groups in total. The average Bonchev–Trinajstić information content (AvgIpc) is 2.63. The Morgan fingerprint density at radius 1 is 1.04 bits per heavy atom. The van der Waals surface area contributed by atoms with Crippen LogP contribution in [0.15, 0.2) is 54.9 Å². The van der Waals surface area contributed by atoms with Crippen LogP contribution < -0.4 is 0 Å². The van der Waals surface area contributed by atoms with Gasteiger partial charge in [-0.25, -0.2) is 0 Å². The minimum absolute atomic E-state index is 0.0994. The van der Waals surface area contributed by atoms with Crippen molar-refractivity contribution in [2.24, 2.45) is 0 Å². The Kier molecular flexibility index (Phi) is 6.95. The van der Waals surface area contributed by atoms with Gasteiger partial charge in [-0.1, -0.05) is 30.3 Å². The van der Waals surface area contributed by atoms with E-state index in [1.165, 1.54) is 0 Å². The van der Waals surface area contributed by atoms with Crippen molar-refractivity contribution in [2.45, 2.75) is 19.8 Å². The number of ether oxygens (including phenoxy) is 1. The third kappa shape index (κ3) is 5.50. The van der Waals surface area contributed by atoms with Crippen LogP contribution in [0.25, 0.3) is 0 Å². The Labute approximate surface area is 142 Å². The maximum absolute atomic E-state index is 12.7. The quantitative estimate of drug-likeness (QED) is 0.700. The number of esters is 1. The smallest absolute Gasteiger partial charge is 0.307 e. The second kappa shape index (κ2) is 9.45. The molecule has 1 aromatic carbocycles. The van der Waals surface area contributed by atoms with Crippen molar-refractivity contribution in [2.75, 3.05) is 19.7 Å². The van der Waals surface area contributed by atoms with E-state index >= 15 is 0 Å². The van der Waals surface area contributed by atoms with E-state index < -0.39 is 0 Å². The zero-order chi connectivity index (χ0) is 17.2. The molecule has 0 bridgehead atoms. The van der Waals surface area contributed by atoms with Crippen LogP contribution in [-0.4, -0.2) is 41.5 Å². The second-order valence-corrected chi connectivity index (χ2v) is 5.32. The third-order valence-electron chi connectivity index (χ3n) is 3.62. The van der Waals surface area contributed by atoms with Crippen LogP contribution >= 0.6 is 0 Å². The maximum Gasteiger partial charge on any atom is 0.307 e. The highest BCUT2D eigenvalue weighted by atomic mass is 16.5. The van der Waals surface area contributed by atoms with Gasteiger partial charge in [0.15, 0.2) is 0 Å². The molecule has 0 radical (unpaired) electrons. The van der Waals surface area contributed by atoms with Gasteiger partial charge in [0, 0.05) is 31.0 Å². The predicted octanol–water partition coefficient (Wildman–Crippen LogP) is 2.72. The molecule has 0 saturated carbocycles. The van der Waals surface area contributed by atoms with E-state index in [9.17, 15) is 9.59 Å². The fourth-order valence-corrected chi connectivity index (χ4v) is 2.36. The van der Waals surface area contributed by atoms with Gasteiger partial charge in [-0.2, -0.15) is 0 Å². The van der Waals surface area contributed by atoms with Crippen LogP contribution in [0.5, 0.6) is 0 Å². The van der Waals surface area contributed by atoms with E-state index in [1.807, 2.05) is 30.3 Å². The molecule has 0 aliphatic heterocycles. The zero-order valence-corrected chi connectivity index (χ0v) is 13.9. The summed E-state index contributed by atoms with van der Waals surface area (Å²) in [6, 6.07) is 13.3. The lowest BCUT2D eigenvalue weighted by molar-refractivity contribution is -0.143. The number of carbonyl (C=O) groups excluding carboxylic acids is 2. The monoisotopic (exact) mass is 326 g/mol. The Hall–Kier alpha value is -2.69. The van der Waals surface area contributed by atoms with Gasteiger partial charge < -0.3 is 9.64 Å². The molecule has 24 heavy (non-hydrogen) atoms. The first-order chi connectivity index (χ1) is 11.7. The SMILES string of the molecule is CCOC(=O)CCN(CCc1ccccc1)C(=O)c1ccncc1. The summed E-state index contributed by atoms with van der Waals surface area (Å²) in [4.78, 5) is 29.9. The van der Waals surface area contributed by atoms with Crippen molar-refractivity contribution in [3.63, 3.8) is 0 Å². The number of benzene rings is 1. The van der Waals surface area contributed by atoms with Crippen LogP contribution in [-0.2, 0) is 16.0 Å². The normalized spacial score (nSPS) is 10.2. The molecule has 0 atom stereocenters. The van der Waals surface area contributed by atoms with Gasteiger partial charge >= 0.3 is 5.97 Å². The third-order valence-corrected chi connectivity index (χ3v) is 3.62. The number of aromatic nitrogens is 1. The predicted molar refractivity (Wildman–Crippen MR) is 91.5 cm³/mol. The lowest BCUT2D eigenvalue weighted by atomic mass is 10.1. The van der Waals surface area contributed by atoms with Crippen molar-refractivity contribution in [1.29, 1.82) is 0 Å². The summed E-state index contributed by atoms with van der Waals surface area (Å²) in [7, 11) is 0. The number of nitrogens with zero attached hydrogens (tertiary/aromatic N) is 2. The molecule has 0 unspecified atom stereocenters. The summed E-state index contributed by atoms with van der Waals surface area (Å²) in [6.45, 7) is 3.01. The summed E-state index contributed by atoms with van der Waals surface area (Å²) in [5.41, 5.74) is 1.73. The molecule has 2 aromatic rings.